The fourth-order valence-corrected chi connectivity index (χ4v) is 7.22. The monoisotopic (exact) mass is 714 g/mol. The van der Waals surface area contributed by atoms with E-state index in [1.54, 1.807) is 60.7 Å². The third-order valence-electron chi connectivity index (χ3n) is 10.1. The van der Waals surface area contributed by atoms with Gasteiger partial charge in [-0.05, 0) is 62.3 Å². The zero-order valence-corrected chi connectivity index (χ0v) is 29.2. The molecule has 2 saturated heterocycles. The fraction of sp³-hybridized carbons (Fsp3) is 0.282. The first-order valence-electron chi connectivity index (χ1n) is 17.7. The summed E-state index contributed by atoms with van der Waals surface area (Å²) in [6, 6.07) is 24.6. The van der Waals surface area contributed by atoms with Crippen molar-refractivity contribution in [2.45, 2.75) is 39.0 Å². The van der Waals surface area contributed by atoms with Gasteiger partial charge >= 0.3 is 0 Å². The Balaban J connectivity index is 0.000000164. The Hall–Kier alpha value is -6.44. The zero-order valence-electron chi connectivity index (χ0n) is 29.2. The summed E-state index contributed by atoms with van der Waals surface area (Å²) in [5, 5.41) is 39.0. The van der Waals surface area contributed by atoms with Crippen LogP contribution in [0, 0.1) is 26.1 Å². The summed E-state index contributed by atoms with van der Waals surface area (Å²) in [6.45, 7) is 5.52. The standard InChI is InChI=1S/C20H20N4O3.C19H18N4O3/c1-13-8-10-23(11-9-13)17-7-6-14(12-18(17)24(26)27)19-15-4-2-3-5-16(15)20(25)22-21-19;24-19-15-7-3-2-6-14(15)18(20-21-19)13-8-9-16(17(12-13)23(25)26)22-10-4-1-5-11-22/h2-7,12-13H,8-11H2,1H3,(H,22,25);2-3,6-9,12H,1,4-5,10-11H2,(H,21,24). The molecule has 0 atom stereocenters. The lowest BCUT2D eigenvalue weighted by Gasteiger charge is -2.31. The number of aromatic nitrogens is 4. The van der Waals surface area contributed by atoms with Crippen molar-refractivity contribution in [2.24, 2.45) is 5.92 Å². The number of nitro groups is 2. The van der Waals surface area contributed by atoms with Gasteiger partial charge in [0.05, 0.1) is 32.0 Å². The Labute approximate surface area is 303 Å². The Morgan fingerprint density at radius 2 is 1.02 bits per heavy atom. The number of nitrogens with zero attached hydrogens (tertiary/aromatic N) is 6. The molecular weight excluding hydrogens is 676 g/mol. The molecule has 2 aliphatic rings. The van der Waals surface area contributed by atoms with Crippen molar-refractivity contribution >= 4 is 44.3 Å². The van der Waals surface area contributed by atoms with E-state index in [1.165, 1.54) is 0 Å². The normalized spacial score (nSPS) is 14.9. The fourth-order valence-electron chi connectivity index (χ4n) is 7.22. The van der Waals surface area contributed by atoms with Crippen molar-refractivity contribution < 1.29 is 9.85 Å². The number of anilines is 2. The number of piperidine rings is 2. The summed E-state index contributed by atoms with van der Waals surface area (Å²) < 4.78 is 0. The Morgan fingerprint density at radius 3 is 1.45 bits per heavy atom. The summed E-state index contributed by atoms with van der Waals surface area (Å²) in [7, 11) is 0. The maximum atomic E-state index is 12.0. The summed E-state index contributed by atoms with van der Waals surface area (Å²) >= 11 is 0. The van der Waals surface area contributed by atoms with Crippen LogP contribution in [-0.4, -0.2) is 56.4 Å². The molecule has 53 heavy (non-hydrogen) atoms. The van der Waals surface area contributed by atoms with Gasteiger partial charge in [-0.3, -0.25) is 29.8 Å². The van der Waals surface area contributed by atoms with E-state index in [4.69, 9.17) is 0 Å². The van der Waals surface area contributed by atoms with Gasteiger partial charge in [0.15, 0.2) is 0 Å². The molecule has 2 aliphatic heterocycles. The van der Waals surface area contributed by atoms with Crippen LogP contribution in [0.3, 0.4) is 0 Å². The maximum absolute atomic E-state index is 12.0. The molecule has 14 nitrogen and oxygen atoms in total. The highest BCUT2D eigenvalue weighted by atomic mass is 16.6. The summed E-state index contributed by atoms with van der Waals surface area (Å²) in [6.07, 6.45) is 5.32. The number of hydrogen-bond donors (Lipinski definition) is 2. The van der Waals surface area contributed by atoms with Gasteiger partial charge in [-0.25, -0.2) is 10.2 Å². The van der Waals surface area contributed by atoms with Crippen LogP contribution in [0.5, 0.6) is 0 Å². The highest BCUT2D eigenvalue weighted by Gasteiger charge is 2.25. The van der Waals surface area contributed by atoms with Crippen molar-refractivity contribution in [3.8, 4) is 22.5 Å². The van der Waals surface area contributed by atoms with E-state index < -0.39 is 0 Å². The van der Waals surface area contributed by atoms with Crippen molar-refractivity contribution in [1.82, 2.24) is 20.4 Å². The van der Waals surface area contributed by atoms with Crippen LogP contribution < -0.4 is 20.9 Å². The van der Waals surface area contributed by atoms with Gasteiger partial charge in [0.25, 0.3) is 22.5 Å². The number of fused-ring (bicyclic) bond motifs is 2. The molecule has 0 amide bonds. The van der Waals surface area contributed by atoms with Gasteiger partial charge in [0, 0.05) is 60.2 Å². The van der Waals surface area contributed by atoms with Gasteiger partial charge < -0.3 is 9.80 Å². The van der Waals surface area contributed by atoms with E-state index in [2.05, 4.69) is 37.1 Å². The first kappa shape index (κ1) is 35.0. The summed E-state index contributed by atoms with van der Waals surface area (Å²) in [5.74, 6) is 0.649. The quantitative estimate of drug-likeness (QED) is 0.132. The number of hydrogen-bond acceptors (Lipinski definition) is 10. The minimum absolute atomic E-state index is 0.0686. The van der Waals surface area contributed by atoms with Gasteiger partial charge in [0.1, 0.15) is 11.4 Å². The molecule has 4 heterocycles. The molecule has 0 radical (unpaired) electrons. The lowest BCUT2D eigenvalue weighted by Crippen LogP contribution is -2.33. The molecule has 2 N–H and O–H groups in total. The average molecular weight is 715 g/mol. The number of rotatable bonds is 6. The SMILES string of the molecule is CC1CCN(c2ccc(-c3n[nH]c(=O)c4ccccc34)cc2[N+](=O)[O-])CC1.O=c1[nH]nc(-c2ccc(N3CCCCC3)c([N+](=O)[O-])c2)c2ccccc12. The van der Waals surface area contributed by atoms with E-state index in [9.17, 15) is 29.8 Å². The average Bonchev–Trinajstić information content (AvgIpc) is 3.19. The highest BCUT2D eigenvalue weighted by Crippen LogP contribution is 2.37. The molecule has 0 bridgehead atoms. The summed E-state index contributed by atoms with van der Waals surface area (Å²) in [5.41, 5.74) is 3.18. The van der Waals surface area contributed by atoms with E-state index >= 15 is 0 Å². The highest BCUT2D eigenvalue weighted by molar-refractivity contribution is 5.95. The molecule has 14 heteroatoms. The number of nitro benzene ring substituents is 2. The molecule has 8 rings (SSSR count). The summed E-state index contributed by atoms with van der Waals surface area (Å²) in [4.78, 5) is 50.8. The Kier molecular flexibility index (Phi) is 9.93. The van der Waals surface area contributed by atoms with E-state index in [0.29, 0.717) is 61.4 Å². The predicted molar refractivity (Wildman–Crippen MR) is 206 cm³/mol. The lowest BCUT2D eigenvalue weighted by atomic mass is 9.98. The minimum atomic E-state index is -0.346. The van der Waals surface area contributed by atoms with Gasteiger partial charge in [-0.2, -0.15) is 10.2 Å². The number of H-pyrrole nitrogens is 2. The van der Waals surface area contributed by atoms with Crippen molar-refractivity contribution in [3.05, 3.63) is 126 Å². The number of benzene rings is 4. The van der Waals surface area contributed by atoms with E-state index in [1.807, 2.05) is 24.3 Å². The third kappa shape index (κ3) is 7.20. The van der Waals surface area contributed by atoms with Crippen LogP contribution in [0.1, 0.15) is 39.0 Å². The van der Waals surface area contributed by atoms with Crippen molar-refractivity contribution in [1.29, 1.82) is 0 Å². The molecule has 4 aromatic carbocycles. The minimum Gasteiger partial charge on any atom is -0.366 e. The Morgan fingerprint density at radius 1 is 0.604 bits per heavy atom. The van der Waals surface area contributed by atoms with Crippen LogP contribution in [0.25, 0.3) is 44.1 Å². The number of aromatic amines is 2. The molecule has 2 aromatic heterocycles. The topological polar surface area (TPSA) is 184 Å². The van der Waals surface area contributed by atoms with Crippen LogP contribution >= 0.6 is 0 Å². The smallest absolute Gasteiger partial charge is 0.293 e. The van der Waals surface area contributed by atoms with Gasteiger partial charge in [0.2, 0.25) is 0 Å². The van der Waals surface area contributed by atoms with Crippen molar-refractivity contribution in [3.63, 3.8) is 0 Å². The van der Waals surface area contributed by atoms with Crippen molar-refractivity contribution in [2.75, 3.05) is 36.0 Å². The zero-order chi connectivity index (χ0) is 37.1. The maximum Gasteiger partial charge on any atom is 0.293 e. The first-order chi connectivity index (χ1) is 25.7. The van der Waals surface area contributed by atoms with E-state index in [0.717, 1.165) is 58.3 Å². The third-order valence-corrected chi connectivity index (χ3v) is 10.1. The predicted octanol–water partition coefficient (Wildman–Crippen LogP) is 7.22. The van der Waals surface area contributed by atoms with Gasteiger partial charge in [-0.15, -0.1) is 0 Å². The second-order valence-electron chi connectivity index (χ2n) is 13.5. The first-order valence-corrected chi connectivity index (χ1v) is 17.7. The lowest BCUT2D eigenvalue weighted by molar-refractivity contribution is -0.384. The molecule has 270 valence electrons. The largest absolute Gasteiger partial charge is 0.366 e. The van der Waals surface area contributed by atoms with Crippen LogP contribution in [0.2, 0.25) is 0 Å². The molecule has 2 fully saturated rings. The van der Waals surface area contributed by atoms with Crippen LogP contribution in [0.15, 0.2) is 94.5 Å². The van der Waals surface area contributed by atoms with Crippen LogP contribution in [-0.2, 0) is 0 Å². The Bertz CT molecular complexity index is 2450. The second-order valence-corrected chi connectivity index (χ2v) is 13.5. The van der Waals surface area contributed by atoms with Gasteiger partial charge in [-0.1, -0.05) is 55.5 Å². The van der Waals surface area contributed by atoms with E-state index in [-0.39, 0.29) is 32.3 Å². The molecule has 0 unspecified atom stereocenters. The second kappa shape index (κ2) is 15.0. The molecule has 0 saturated carbocycles. The molecule has 0 spiro atoms. The molecule has 0 aliphatic carbocycles. The number of nitrogens with one attached hydrogen (secondary N) is 2. The van der Waals surface area contributed by atoms with Crippen LogP contribution in [0.4, 0.5) is 22.7 Å². The molecule has 6 aromatic rings. The molecular formula is C39H38N8O6.